The van der Waals surface area contributed by atoms with Crippen molar-refractivity contribution in [3.63, 3.8) is 0 Å². The number of aromatic nitrogens is 1. The Morgan fingerprint density at radius 2 is 1.62 bits per heavy atom. The van der Waals surface area contributed by atoms with E-state index < -0.39 is 35.3 Å². The zero-order valence-electron chi connectivity index (χ0n) is 22.1. The van der Waals surface area contributed by atoms with Crippen molar-refractivity contribution in [3.05, 3.63) is 117 Å². The third-order valence-corrected chi connectivity index (χ3v) is 6.96. The van der Waals surface area contributed by atoms with Gasteiger partial charge in [0.15, 0.2) is 0 Å². The molecule has 4 N–H and O–H groups in total. The van der Waals surface area contributed by atoms with E-state index in [1.165, 1.54) is 13.1 Å². The smallest absolute Gasteiger partial charge is 0.253 e. The molecule has 0 unspecified atom stereocenters. The summed E-state index contributed by atoms with van der Waals surface area (Å²) in [5.41, 5.74) is 6.64. The van der Waals surface area contributed by atoms with Crippen LogP contribution < -0.4 is 11.1 Å². The van der Waals surface area contributed by atoms with Crippen molar-refractivity contribution >= 4 is 29.2 Å². The van der Waals surface area contributed by atoms with Crippen molar-refractivity contribution in [1.82, 2.24) is 10.3 Å². The number of primary amides is 1. The minimum absolute atomic E-state index is 0.0674. The maximum atomic E-state index is 15.3. The molecule has 0 spiro atoms. The predicted molar refractivity (Wildman–Crippen MR) is 150 cm³/mol. The van der Waals surface area contributed by atoms with Crippen molar-refractivity contribution in [2.24, 2.45) is 5.73 Å². The number of carbonyl (C=O) groups is 3. The van der Waals surface area contributed by atoms with Crippen LogP contribution >= 0.6 is 11.6 Å². The monoisotopic (exact) mass is 563 g/mol. The van der Waals surface area contributed by atoms with Gasteiger partial charge in [-0.25, -0.2) is 8.78 Å². The summed E-state index contributed by atoms with van der Waals surface area (Å²) in [4.78, 5) is 42.0. The minimum Gasteiger partial charge on any atom is -0.370 e. The average Bonchev–Trinajstić information content (AvgIpc) is 3.35. The topological polar surface area (TPSA) is 105 Å². The quantitative estimate of drug-likeness (QED) is 0.199. The van der Waals surface area contributed by atoms with Crippen LogP contribution in [0.2, 0.25) is 5.02 Å². The third-order valence-electron chi connectivity index (χ3n) is 6.73. The van der Waals surface area contributed by atoms with Gasteiger partial charge in [-0.2, -0.15) is 0 Å². The van der Waals surface area contributed by atoms with Crippen LogP contribution in [-0.2, 0) is 4.79 Å². The number of halogens is 3. The maximum absolute atomic E-state index is 15.3. The fourth-order valence-corrected chi connectivity index (χ4v) is 4.80. The number of benzene rings is 3. The van der Waals surface area contributed by atoms with Gasteiger partial charge in [-0.05, 0) is 59.9 Å². The van der Waals surface area contributed by atoms with E-state index in [1.54, 1.807) is 42.5 Å². The molecule has 4 aromatic rings. The number of carbonyl (C=O) groups excluding carboxylic acids is 3. The second-order valence-corrected chi connectivity index (χ2v) is 10.3. The Hall–Kier alpha value is -4.30. The predicted octanol–water partition coefficient (Wildman–Crippen LogP) is 6.62. The Morgan fingerprint density at radius 1 is 0.950 bits per heavy atom. The van der Waals surface area contributed by atoms with Gasteiger partial charge in [0.05, 0.1) is 23.7 Å². The number of hydrogen-bond acceptors (Lipinski definition) is 3. The maximum Gasteiger partial charge on any atom is 0.253 e. The van der Waals surface area contributed by atoms with Crippen LogP contribution in [0.25, 0.3) is 11.1 Å². The lowest BCUT2D eigenvalue weighted by atomic mass is 9.92. The first-order valence-electron chi connectivity index (χ1n) is 12.6. The van der Waals surface area contributed by atoms with Crippen LogP contribution in [0.1, 0.15) is 75.3 Å². The van der Waals surface area contributed by atoms with Crippen molar-refractivity contribution < 1.29 is 23.2 Å². The minimum atomic E-state index is -0.869. The highest BCUT2D eigenvalue weighted by atomic mass is 35.5. The lowest BCUT2D eigenvalue weighted by Crippen LogP contribution is -2.32. The SMILES string of the molecule is Cc1c(F)ccc(F)c1-c1c(C(=O)N[C@@H](CC(N)=O)c2cccc(Cl)c2)c[nH]c1C(=O)c1cccc(C(C)C)c1. The summed E-state index contributed by atoms with van der Waals surface area (Å²) in [6, 6.07) is 14.6. The highest BCUT2D eigenvalue weighted by molar-refractivity contribution is 6.30. The van der Waals surface area contributed by atoms with Gasteiger partial charge in [0.2, 0.25) is 11.7 Å². The van der Waals surface area contributed by atoms with Crippen LogP contribution in [0.5, 0.6) is 0 Å². The van der Waals surface area contributed by atoms with Gasteiger partial charge in [-0.1, -0.05) is 55.8 Å². The number of hydrogen-bond donors (Lipinski definition) is 3. The third kappa shape index (κ3) is 5.97. The molecule has 1 heterocycles. The van der Waals surface area contributed by atoms with Crippen LogP contribution in [0.4, 0.5) is 8.78 Å². The van der Waals surface area contributed by atoms with E-state index >= 15 is 4.39 Å². The van der Waals surface area contributed by atoms with Gasteiger partial charge >= 0.3 is 0 Å². The fraction of sp³-hybridized carbons (Fsp3) is 0.194. The van der Waals surface area contributed by atoms with E-state index in [-0.39, 0.29) is 40.3 Å². The van der Waals surface area contributed by atoms with E-state index in [1.807, 2.05) is 19.9 Å². The van der Waals surface area contributed by atoms with E-state index in [2.05, 4.69) is 10.3 Å². The average molecular weight is 564 g/mol. The lowest BCUT2D eigenvalue weighted by Gasteiger charge is -2.19. The molecule has 1 aromatic heterocycles. The van der Waals surface area contributed by atoms with Crippen LogP contribution in [0.3, 0.4) is 0 Å². The van der Waals surface area contributed by atoms with E-state index in [0.29, 0.717) is 16.1 Å². The number of nitrogens with one attached hydrogen (secondary N) is 2. The lowest BCUT2D eigenvalue weighted by molar-refractivity contribution is -0.118. The molecule has 0 saturated heterocycles. The normalized spacial score (nSPS) is 11.9. The molecule has 0 fully saturated rings. The molecule has 9 heteroatoms. The van der Waals surface area contributed by atoms with E-state index in [9.17, 15) is 18.8 Å². The number of H-pyrrole nitrogens is 1. The number of amides is 2. The van der Waals surface area contributed by atoms with E-state index in [0.717, 1.165) is 17.7 Å². The van der Waals surface area contributed by atoms with Gasteiger partial charge in [0, 0.05) is 27.9 Å². The second-order valence-electron chi connectivity index (χ2n) is 9.84. The molecule has 0 radical (unpaired) electrons. The first-order valence-corrected chi connectivity index (χ1v) is 13.0. The summed E-state index contributed by atoms with van der Waals surface area (Å²) in [6.45, 7) is 5.35. The standard InChI is InChI=1S/C31H28ClF2N3O3/c1-16(2)18-6-4-8-20(12-18)30(39)29-28(27-17(3)23(33)10-11-24(27)34)22(15-36-29)31(40)37-25(14-26(35)38)19-7-5-9-21(32)13-19/h4-13,15-16,25,36H,14H2,1-3H3,(H2,35,38)(H,37,40)/t25-/m0/s1. The van der Waals surface area contributed by atoms with Crippen molar-refractivity contribution in [2.75, 3.05) is 0 Å². The summed E-state index contributed by atoms with van der Waals surface area (Å²) in [6.07, 6.45) is 1.03. The van der Waals surface area contributed by atoms with Crippen molar-refractivity contribution in [1.29, 1.82) is 0 Å². The van der Waals surface area contributed by atoms with Crippen molar-refractivity contribution in [3.8, 4) is 11.1 Å². The fourth-order valence-electron chi connectivity index (χ4n) is 4.60. The zero-order valence-corrected chi connectivity index (χ0v) is 22.9. The Bertz CT molecular complexity index is 1610. The number of ketones is 1. The number of nitrogens with two attached hydrogens (primary N) is 1. The molecule has 4 rings (SSSR count). The van der Waals surface area contributed by atoms with E-state index in [4.69, 9.17) is 17.3 Å². The molecule has 0 aliphatic carbocycles. The first-order chi connectivity index (χ1) is 19.0. The molecule has 0 aliphatic heterocycles. The first kappa shape index (κ1) is 28.7. The van der Waals surface area contributed by atoms with Gasteiger partial charge in [-0.15, -0.1) is 0 Å². The summed E-state index contributed by atoms with van der Waals surface area (Å²) in [5.74, 6) is -3.25. The molecule has 0 aliphatic rings. The molecule has 0 saturated carbocycles. The number of aromatic amines is 1. The highest BCUT2D eigenvalue weighted by Crippen LogP contribution is 2.36. The van der Waals surface area contributed by atoms with Crippen LogP contribution in [0, 0.1) is 18.6 Å². The largest absolute Gasteiger partial charge is 0.370 e. The van der Waals surface area contributed by atoms with Gasteiger partial charge in [-0.3, -0.25) is 14.4 Å². The van der Waals surface area contributed by atoms with Crippen LogP contribution in [-0.4, -0.2) is 22.6 Å². The van der Waals surface area contributed by atoms with Gasteiger partial charge < -0.3 is 16.0 Å². The van der Waals surface area contributed by atoms with Gasteiger partial charge in [0.25, 0.3) is 5.91 Å². The molecule has 6 nitrogen and oxygen atoms in total. The molecule has 3 aromatic carbocycles. The number of rotatable bonds is 9. The summed E-state index contributed by atoms with van der Waals surface area (Å²) >= 11 is 6.11. The Labute approximate surface area is 235 Å². The van der Waals surface area contributed by atoms with Gasteiger partial charge in [0.1, 0.15) is 11.6 Å². The molecule has 40 heavy (non-hydrogen) atoms. The Balaban J connectivity index is 1.86. The molecular weight excluding hydrogens is 536 g/mol. The molecular formula is C31H28ClF2N3O3. The highest BCUT2D eigenvalue weighted by Gasteiger charge is 2.29. The van der Waals surface area contributed by atoms with Crippen LogP contribution in [0.15, 0.2) is 66.9 Å². The summed E-state index contributed by atoms with van der Waals surface area (Å²) in [5, 5.41) is 3.13. The van der Waals surface area contributed by atoms with Crippen molar-refractivity contribution in [2.45, 2.75) is 39.2 Å². The molecule has 0 bridgehead atoms. The molecule has 206 valence electrons. The summed E-state index contributed by atoms with van der Waals surface area (Å²) in [7, 11) is 0. The Kier molecular flexibility index (Phi) is 8.49. The molecule has 1 atom stereocenters. The molecule has 2 amide bonds. The second kappa shape index (κ2) is 11.8. The Morgan fingerprint density at radius 3 is 2.30 bits per heavy atom. The zero-order chi connectivity index (χ0) is 29.1. The summed E-state index contributed by atoms with van der Waals surface area (Å²) < 4.78 is 30.0.